The van der Waals surface area contributed by atoms with Crippen molar-refractivity contribution in [2.24, 2.45) is 0 Å². The van der Waals surface area contributed by atoms with Crippen LogP contribution < -0.4 is 11.6 Å². The molecule has 0 spiro atoms. The molecule has 0 aliphatic heterocycles. The molecule has 78 valence electrons. The number of halogens is 1. The number of anilines is 1. The van der Waals surface area contributed by atoms with Crippen LogP contribution in [0.5, 0.6) is 0 Å². The van der Waals surface area contributed by atoms with E-state index in [4.69, 9.17) is 11.6 Å². The lowest BCUT2D eigenvalue weighted by molar-refractivity contribution is 0.625. The maximum Gasteiger partial charge on any atom is 0.240 e. The van der Waals surface area contributed by atoms with Crippen molar-refractivity contribution < 1.29 is 4.39 Å². The largest absolute Gasteiger partial charge is 0.366 e. The van der Waals surface area contributed by atoms with Gasteiger partial charge in [0.25, 0.3) is 0 Å². The van der Waals surface area contributed by atoms with Crippen LogP contribution in [-0.4, -0.2) is 14.9 Å². The van der Waals surface area contributed by atoms with Crippen molar-refractivity contribution in [3.63, 3.8) is 0 Å². The SMILES string of the molecule is Nc1nnc(Cc2cccc(F)c2)n1N. The van der Waals surface area contributed by atoms with Crippen LogP contribution in [0, 0.1) is 5.82 Å². The number of aromatic nitrogens is 3. The van der Waals surface area contributed by atoms with E-state index in [1.54, 1.807) is 12.1 Å². The van der Waals surface area contributed by atoms with Gasteiger partial charge in [0, 0.05) is 6.42 Å². The maximum absolute atomic E-state index is 12.9. The molecule has 0 aliphatic rings. The fourth-order valence-corrected chi connectivity index (χ4v) is 1.29. The molecular weight excluding hydrogens is 197 g/mol. The third kappa shape index (κ3) is 1.88. The third-order valence-electron chi connectivity index (χ3n) is 2.04. The molecule has 0 radical (unpaired) electrons. The van der Waals surface area contributed by atoms with Gasteiger partial charge in [0.05, 0.1) is 0 Å². The topological polar surface area (TPSA) is 82.8 Å². The summed E-state index contributed by atoms with van der Waals surface area (Å²) in [4.78, 5) is 0. The molecule has 2 aromatic rings. The first kappa shape index (κ1) is 9.45. The molecule has 6 heteroatoms. The first-order valence-electron chi connectivity index (χ1n) is 4.36. The quantitative estimate of drug-likeness (QED) is 0.694. The Morgan fingerprint density at radius 1 is 1.33 bits per heavy atom. The standard InChI is InChI=1S/C9H10FN5/c10-7-3-1-2-6(4-7)5-8-13-14-9(11)15(8)12/h1-4H,5,12H2,(H2,11,14). The van der Waals surface area contributed by atoms with E-state index in [0.29, 0.717) is 12.2 Å². The zero-order chi connectivity index (χ0) is 10.8. The number of hydrogen-bond donors (Lipinski definition) is 2. The Balaban J connectivity index is 2.26. The van der Waals surface area contributed by atoms with Crippen molar-refractivity contribution in [1.82, 2.24) is 14.9 Å². The minimum Gasteiger partial charge on any atom is -0.366 e. The van der Waals surface area contributed by atoms with Crippen LogP contribution in [0.2, 0.25) is 0 Å². The smallest absolute Gasteiger partial charge is 0.240 e. The Bertz CT molecular complexity index is 479. The molecule has 0 saturated carbocycles. The molecule has 0 fully saturated rings. The summed E-state index contributed by atoms with van der Waals surface area (Å²) in [7, 11) is 0. The van der Waals surface area contributed by atoms with Gasteiger partial charge in [0.1, 0.15) is 5.82 Å². The second-order valence-electron chi connectivity index (χ2n) is 3.15. The lowest BCUT2D eigenvalue weighted by atomic mass is 10.1. The van der Waals surface area contributed by atoms with E-state index in [1.165, 1.54) is 16.8 Å². The molecule has 1 heterocycles. The summed E-state index contributed by atoms with van der Waals surface area (Å²) >= 11 is 0. The molecule has 0 saturated heterocycles. The molecule has 0 bridgehead atoms. The molecule has 5 nitrogen and oxygen atoms in total. The lowest BCUT2D eigenvalue weighted by Gasteiger charge is -2.01. The fourth-order valence-electron chi connectivity index (χ4n) is 1.29. The zero-order valence-electron chi connectivity index (χ0n) is 7.89. The fraction of sp³-hybridized carbons (Fsp3) is 0.111. The Morgan fingerprint density at radius 2 is 2.13 bits per heavy atom. The van der Waals surface area contributed by atoms with Crippen LogP contribution in [0.1, 0.15) is 11.4 Å². The summed E-state index contributed by atoms with van der Waals surface area (Å²) in [5.41, 5.74) is 6.19. The first-order valence-corrected chi connectivity index (χ1v) is 4.36. The summed E-state index contributed by atoms with van der Waals surface area (Å²) in [5.74, 6) is 5.91. The van der Waals surface area contributed by atoms with Crippen molar-refractivity contribution in [3.05, 3.63) is 41.5 Å². The van der Waals surface area contributed by atoms with Gasteiger partial charge in [-0.1, -0.05) is 12.1 Å². The Kier molecular flexibility index (Phi) is 2.24. The summed E-state index contributed by atoms with van der Waals surface area (Å²) < 4.78 is 14.1. The molecule has 0 atom stereocenters. The number of nitrogens with two attached hydrogens (primary N) is 2. The summed E-state index contributed by atoms with van der Waals surface area (Å²) in [6.45, 7) is 0. The van der Waals surface area contributed by atoms with Gasteiger partial charge in [-0.3, -0.25) is 0 Å². The van der Waals surface area contributed by atoms with Crippen LogP contribution in [0.4, 0.5) is 10.3 Å². The van der Waals surface area contributed by atoms with Gasteiger partial charge < -0.3 is 11.6 Å². The van der Waals surface area contributed by atoms with Crippen LogP contribution in [0.15, 0.2) is 24.3 Å². The van der Waals surface area contributed by atoms with Crippen molar-refractivity contribution in [2.75, 3.05) is 11.6 Å². The van der Waals surface area contributed by atoms with E-state index in [1.807, 2.05) is 0 Å². The van der Waals surface area contributed by atoms with Crippen LogP contribution >= 0.6 is 0 Å². The Labute approximate surface area is 85.5 Å². The summed E-state index contributed by atoms with van der Waals surface area (Å²) in [6, 6.07) is 6.22. The highest BCUT2D eigenvalue weighted by molar-refractivity contribution is 5.24. The van der Waals surface area contributed by atoms with E-state index in [9.17, 15) is 4.39 Å². The predicted molar refractivity (Wildman–Crippen MR) is 53.8 cm³/mol. The Morgan fingerprint density at radius 3 is 2.73 bits per heavy atom. The van der Waals surface area contributed by atoms with Gasteiger partial charge in [-0.25, -0.2) is 9.07 Å². The van der Waals surface area contributed by atoms with Crippen molar-refractivity contribution in [1.29, 1.82) is 0 Å². The van der Waals surface area contributed by atoms with Crippen molar-refractivity contribution in [3.8, 4) is 0 Å². The molecular formula is C9H10FN5. The van der Waals surface area contributed by atoms with Gasteiger partial charge in [0.2, 0.25) is 5.95 Å². The molecule has 1 aromatic heterocycles. The average Bonchev–Trinajstić information content (AvgIpc) is 2.50. The van der Waals surface area contributed by atoms with Crippen LogP contribution in [0.25, 0.3) is 0 Å². The highest BCUT2D eigenvalue weighted by atomic mass is 19.1. The Hall–Kier alpha value is -2.11. The number of nitrogens with zero attached hydrogens (tertiary/aromatic N) is 3. The predicted octanol–water partition coefficient (Wildman–Crippen LogP) is 0.304. The van der Waals surface area contributed by atoms with Crippen molar-refractivity contribution >= 4 is 5.95 Å². The summed E-state index contributed by atoms with van der Waals surface area (Å²) in [5, 5.41) is 7.39. The van der Waals surface area contributed by atoms with Crippen molar-refractivity contribution in [2.45, 2.75) is 6.42 Å². The first-order chi connectivity index (χ1) is 7.16. The maximum atomic E-state index is 12.9. The van der Waals surface area contributed by atoms with E-state index >= 15 is 0 Å². The molecule has 2 rings (SSSR count). The number of rotatable bonds is 2. The minimum atomic E-state index is -0.288. The second kappa shape index (κ2) is 3.56. The molecule has 15 heavy (non-hydrogen) atoms. The normalized spacial score (nSPS) is 10.5. The van der Waals surface area contributed by atoms with Gasteiger partial charge in [-0.15, -0.1) is 10.2 Å². The number of benzene rings is 1. The highest BCUT2D eigenvalue weighted by Crippen LogP contribution is 2.09. The van der Waals surface area contributed by atoms with Gasteiger partial charge in [-0.05, 0) is 17.7 Å². The second-order valence-corrected chi connectivity index (χ2v) is 3.15. The minimum absolute atomic E-state index is 0.140. The average molecular weight is 207 g/mol. The third-order valence-corrected chi connectivity index (χ3v) is 2.04. The van der Waals surface area contributed by atoms with Gasteiger partial charge >= 0.3 is 0 Å². The molecule has 0 unspecified atom stereocenters. The molecule has 1 aromatic carbocycles. The van der Waals surface area contributed by atoms with Gasteiger partial charge in [0.15, 0.2) is 5.82 Å². The monoisotopic (exact) mass is 207 g/mol. The van der Waals surface area contributed by atoms with Gasteiger partial charge in [-0.2, -0.15) is 0 Å². The van der Waals surface area contributed by atoms with Crippen LogP contribution in [0.3, 0.4) is 0 Å². The molecule has 0 amide bonds. The lowest BCUT2D eigenvalue weighted by Crippen LogP contribution is -2.15. The van der Waals surface area contributed by atoms with E-state index < -0.39 is 0 Å². The molecule has 0 aliphatic carbocycles. The summed E-state index contributed by atoms with van der Waals surface area (Å²) in [6.07, 6.45) is 0.401. The number of hydrogen-bond acceptors (Lipinski definition) is 4. The van der Waals surface area contributed by atoms with Crippen LogP contribution in [-0.2, 0) is 6.42 Å². The molecule has 4 N–H and O–H groups in total. The zero-order valence-corrected chi connectivity index (χ0v) is 7.89. The highest BCUT2D eigenvalue weighted by Gasteiger charge is 2.07. The number of nitrogen functional groups attached to an aromatic ring is 2. The van der Waals surface area contributed by atoms with E-state index in [0.717, 1.165) is 5.56 Å². The van der Waals surface area contributed by atoms with E-state index in [2.05, 4.69) is 10.2 Å². The van der Waals surface area contributed by atoms with E-state index in [-0.39, 0.29) is 11.8 Å².